The number of aliphatic hydroxyl groups excluding tert-OH is 1. The van der Waals surface area contributed by atoms with Crippen molar-refractivity contribution in [1.29, 1.82) is 0 Å². The fourth-order valence-corrected chi connectivity index (χ4v) is 5.15. The first kappa shape index (κ1) is 19.4. The summed E-state index contributed by atoms with van der Waals surface area (Å²) in [5, 5.41) is 10.9. The van der Waals surface area contributed by atoms with E-state index in [9.17, 15) is 9.90 Å². The zero-order valence-corrected chi connectivity index (χ0v) is 17.2. The lowest BCUT2D eigenvalue weighted by Gasteiger charge is -2.51. The fourth-order valence-electron chi connectivity index (χ4n) is 5.15. The number of aryl methyl sites for hydroxylation is 2. The van der Waals surface area contributed by atoms with Crippen LogP contribution in [0.2, 0.25) is 0 Å². The van der Waals surface area contributed by atoms with Gasteiger partial charge in [0, 0.05) is 49.4 Å². The highest BCUT2D eigenvalue weighted by atomic mass is 16.3. The van der Waals surface area contributed by atoms with E-state index in [1.54, 1.807) is 0 Å². The van der Waals surface area contributed by atoms with E-state index in [1.807, 2.05) is 24.8 Å². The smallest absolute Gasteiger partial charge is 0.226 e. The van der Waals surface area contributed by atoms with Gasteiger partial charge in [-0.3, -0.25) is 4.79 Å². The van der Waals surface area contributed by atoms with Crippen molar-refractivity contribution in [1.82, 2.24) is 14.9 Å². The molecule has 1 spiro atoms. The highest BCUT2D eigenvalue weighted by Crippen LogP contribution is 2.40. The molecule has 1 aromatic heterocycles. The summed E-state index contributed by atoms with van der Waals surface area (Å²) >= 11 is 0. The number of allylic oxidation sites excluding steroid dienone is 1. The van der Waals surface area contributed by atoms with E-state index < -0.39 is 0 Å². The van der Waals surface area contributed by atoms with Crippen molar-refractivity contribution in [2.75, 3.05) is 31.1 Å². The standard InChI is InChI=1S/C22H32N4O2/c1-16-12-17(2)24-21(23-16)26-11-8-19(27)22(15-26)9-5-10-25(14-22)20(28)13-18-6-3-4-7-18/h6,12,19,27H,3-5,7-11,13-15H2,1-2H3/t19-,22+/m1/s1. The predicted octanol–water partition coefficient (Wildman–Crippen LogP) is 2.77. The Labute approximate surface area is 167 Å². The van der Waals surface area contributed by atoms with Crippen LogP contribution < -0.4 is 4.90 Å². The fraction of sp³-hybridized carbons (Fsp3) is 0.682. The van der Waals surface area contributed by atoms with E-state index in [4.69, 9.17) is 0 Å². The molecule has 2 aliphatic heterocycles. The molecule has 6 heteroatoms. The van der Waals surface area contributed by atoms with Crippen molar-refractivity contribution in [3.63, 3.8) is 0 Å². The minimum Gasteiger partial charge on any atom is -0.392 e. The number of anilines is 1. The van der Waals surface area contributed by atoms with Crippen molar-refractivity contribution in [3.8, 4) is 0 Å². The number of amides is 1. The number of likely N-dealkylation sites (tertiary alicyclic amines) is 1. The van der Waals surface area contributed by atoms with Crippen LogP contribution in [0.3, 0.4) is 0 Å². The molecule has 3 aliphatic rings. The molecular weight excluding hydrogens is 352 g/mol. The molecule has 1 aromatic rings. The zero-order chi connectivity index (χ0) is 19.7. The molecule has 2 saturated heterocycles. The first-order valence-corrected chi connectivity index (χ1v) is 10.7. The van der Waals surface area contributed by atoms with E-state index >= 15 is 0 Å². The highest BCUT2D eigenvalue weighted by Gasteiger charge is 2.46. The van der Waals surface area contributed by atoms with Gasteiger partial charge in [-0.1, -0.05) is 11.6 Å². The molecule has 6 nitrogen and oxygen atoms in total. The molecule has 0 bridgehead atoms. The van der Waals surface area contributed by atoms with Crippen LogP contribution in [-0.4, -0.2) is 58.2 Å². The Morgan fingerprint density at radius 1 is 1.21 bits per heavy atom. The second-order valence-electron chi connectivity index (χ2n) is 8.89. The molecule has 1 N–H and O–H groups in total. The maximum Gasteiger partial charge on any atom is 0.226 e. The van der Waals surface area contributed by atoms with Crippen LogP contribution in [0.25, 0.3) is 0 Å². The number of carbonyl (C=O) groups excluding carboxylic acids is 1. The molecular formula is C22H32N4O2. The normalized spacial score (nSPS) is 28.0. The largest absolute Gasteiger partial charge is 0.392 e. The number of aromatic nitrogens is 2. The molecule has 0 aromatic carbocycles. The van der Waals surface area contributed by atoms with Crippen LogP contribution in [0.15, 0.2) is 17.7 Å². The van der Waals surface area contributed by atoms with Crippen LogP contribution in [0.4, 0.5) is 5.95 Å². The average Bonchev–Trinajstić information content (AvgIpc) is 3.16. The van der Waals surface area contributed by atoms with Gasteiger partial charge in [-0.25, -0.2) is 9.97 Å². The maximum atomic E-state index is 12.9. The Bertz CT molecular complexity index is 758. The Morgan fingerprint density at radius 2 is 2.00 bits per heavy atom. The van der Waals surface area contributed by atoms with Crippen LogP contribution in [-0.2, 0) is 4.79 Å². The summed E-state index contributed by atoms with van der Waals surface area (Å²) in [7, 11) is 0. The van der Waals surface area contributed by atoms with Gasteiger partial charge in [-0.15, -0.1) is 0 Å². The molecule has 2 atom stereocenters. The van der Waals surface area contributed by atoms with Gasteiger partial charge in [0.05, 0.1) is 6.10 Å². The molecule has 2 fully saturated rings. The topological polar surface area (TPSA) is 69.6 Å². The van der Waals surface area contributed by atoms with Crippen LogP contribution in [0.1, 0.15) is 56.3 Å². The quantitative estimate of drug-likeness (QED) is 0.812. The third-order valence-electron chi connectivity index (χ3n) is 6.61. The first-order valence-electron chi connectivity index (χ1n) is 10.7. The summed E-state index contributed by atoms with van der Waals surface area (Å²) in [5.41, 5.74) is 2.94. The molecule has 152 valence electrons. The molecule has 0 unspecified atom stereocenters. The average molecular weight is 385 g/mol. The van der Waals surface area contributed by atoms with Crippen molar-refractivity contribution < 1.29 is 9.90 Å². The molecule has 28 heavy (non-hydrogen) atoms. The summed E-state index contributed by atoms with van der Waals surface area (Å²) < 4.78 is 0. The van der Waals surface area contributed by atoms with Crippen molar-refractivity contribution in [3.05, 3.63) is 29.1 Å². The Morgan fingerprint density at radius 3 is 2.71 bits per heavy atom. The van der Waals surface area contributed by atoms with Gasteiger partial charge in [0.1, 0.15) is 0 Å². The van der Waals surface area contributed by atoms with Gasteiger partial charge in [0.2, 0.25) is 11.9 Å². The van der Waals surface area contributed by atoms with Crippen LogP contribution in [0.5, 0.6) is 0 Å². The Balaban J connectivity index is 1.50. The second kappa shape index (κ2) is 7.82. The second-order valence-corrected chi connectivity index (χ2v) is 8.89. The maximum absolute atomic E-state index is 12.9. The summed E-state index contributed by atoms with van der Waals surface area (Å²) in [5.74, 6) is 0.975. The number of piperidine rings is 2. The number of hydrogen-bond acceptors (Lipinski definition) is 5. The summed E-state index contributed by atoms with van der Waals surface area (Å²) in [6, 6.07) is 1.98. The molecule has 1 aliphatic carbocycles. The lowest BCUT2D eigenvalue weighted by Crippen LogP contribution is -2.60. The monoisotopic (exact) mass is 384 g/mol. The third kappa shape index (κ3) is 3.93. The number of carbonyl (C=O) groups is 1. The van der Waals surface area contributed by atoms with Crippen molar-refractivity contribution in [2.45, 2.75) is 64.9 Å². The van der Waals surface area contributed by atoms with E-state index in [0.29, 0.717) is 25.9 Å². The minimum atomic E-state index is -0.379. The SMILES string of the molecule is Cc1cc(C)nc(N2CC[C@@H](O)[C@]3(CCCN(C(=O)CC4=CCCC4)C3)C2)n1. The predicted molar refractivity (Wildman–Crippen MR) is 109 cm³/mol. The number of hydrogen-bond donors (Lipinski definition) is 1. The van der Waals surface area contributed by atoms with Gasteiger partial charge in [0.25, 0.3) is 0 Å². The molecule has 3 heterocycles. The van der Waals surface area contributed by atoms with E-state index in [-0.39, 0.29) is 17.4 Å². The van der Waals surface area contributed by atoms with Crippen LogP contribution in [0, 0.1) is 19.3 Å². The van der Waals surface area contributed by atoms with Gasteiger partial charge in [-0.2, -0.15) is 0 Å². The van der Waals surface area contributed by atoms with Crippen LogP contribution >= 0.6 is 0 Å². The van der Waals surface area contributed by atoms with Gasteiger partial charge >= 0.3 is 0 Å². The first-order chi connectivity index (χ1) is 13.4. The lowest BCUT2D eigenvalue weighted by molar-refractivity contribution is -0.137. The molecule has 0 radical (unpaired) electrons. The molecule has 1 amide bonds. The van der Waals surface area contributed by atoms with Crippen molar-refractivity contribution >= 4 is 11.9 Å². The molecule has 4 rings (SSSR count). The highest BCUT2D eigenvalue weighted by molar-refractivity contribution is 5.79. The summed E-state index contributed by atoms with van der Waals surface area (Å²) in [6.07, 6.45) is 8.34. The summed E-state index contributed by atoms with van der Waals surface area (Å²) in [6.45, 7) is 6.90. The van der Waals surface area contributed by atoms with Gasteiger partial charge < -0.3 is 14.9 Å². The number of nitrogens with zero attached hydrogens (tertiary/aromatic N) is 4. The Kier molecular flexibility index (Phi) is 5.41. The van der Waals surface area contributed by atoms with Crippen molar-refractivity contribution in [2.24, 2.45) is 5.41 Å². The number of aliphatic hydroxyl groups is 1. The van der Waals surface area contributed by atoms with E-state index in [0.717, 1.165) is 56.1 Å². The third-order valence-corrected chi connectivity index (χ3v) is 6.61. The van der Waals surface area contributed by atoms with E-state index in [2.05, 4.69) is 20.9 Å². The summed E-state index contributed by atoms with van der Waals surface area (Å²) in [4.78, 5) is 26.4. The lowest BCUT2D eigenvalue weighted by atomic mass is 9.71. The number of rotatable bonds is 3. The Hall–Kier alpha value is -1.95. The minimum absolute atomic E-state index is 0.221. The van der Waals surface area contributed by atoms with E-state index in [1.165, 1.54) is 12.0 Å². The van der Waals surface area contributed by atoms with Gasteiger partial charge in [-0.05, 0) is 58.4 Å². The van der Waals surface area contributed by atoms with Gasteiger partial charge in [0.15, 0.2) is 0 Å². The zero-order valence-electron chi connectivity index (χ0n) is 17.2. The molecule has 0 saturated carbocycles.